The molecule has 4 heteroatoms. The Balaban J connectivity index is 2.12. The minimum Gasteiger partial charge on any atom is -0.508 e. The second-order valence-electron chi connectivity index (χ2n) is 4.25. The van der Waals surface area contributed by atoms with Gasteiger partial charge < -0.3 is 15.6 Å². The lowest BCUT2D eigenvalue weighted by Gasteiger charge is -2.10. The van der Waals surface area contributed by atoms with Crippen molar-refractivity contribution in [3.8, 4) is 11.5 Å². The number of primary amides is 1. The normalized spacial score (nSPS) is 10.2. The molecule has 0 aliphatic carbocycles. The van der Waals surface area contributed by atoms with Gasteiger partial charge in [0.25, 0.3) is 0 Å². The molecule has 3 N–H and O–H groups in total. The predicted octanol–water partition coefficient (Wildman–Crippen LogP) is 2.38. The summed E-state index contributed by atoms with van der Waals surface area (Å²) in [5.41, 5.74) is 7.21. The molecule has 0 fully saturated rings. The van der Waals surface area contributed by atoms with Gasteiger partial charge in [-0.2, -0.15) is 0 Å². The molecule has 1 amide bonds. The Morgan fingerprint density at radius 3 is 2.74 bits per heavy atom. The van der Waals surface area contributed by atoms with Crippen molar-refractivity contribution in [1.29, 1.82) is 0 Å². The number of phenols is 1. The molecule has 4 nitrogen and oxygen atoms in total. The van der Waals surface area contributed by atoms with E-state index in [0.717, 1.165) is 5.56 Å². The van der Waals surface area contributed by atoms with Crippen molar-refractivity contribution in [3.63, 3.8) is 0 Å². The van der Waals surface area contributed by atoms with Crippen LogP contribution in [0.15, 0.2) is 42.5 Å². The number of carbonyl (C=O) groups is 1. The third-order valence-corrected chi connectivity index (χ3v) is 2.86. The number of aromatic hydroxyl groups is 1. The number of phenolic OH excluding ortho intramolecular Hbond substituents is 1. The summed E-state index contributed by atoms with van der Waals surface area (Å²) in [6, 6.07) is 12.1. The molecule has 0 unspecified atom stereocenters. The fourth-order valence-corrected chi connectivity index (χ4v) is 1.73. The third-order valence-electron chi connectivity index (χ3n) is 2.86. The van der Waals surface area contributed by atoms with E-state index in [-0.39, 0.29) is 5.75 Å². The van der Waals surface area contributed by atoms with Gasteiger partial charge in [0, 0.05) is 11.1 Å². The Hall–Kier alpha value is -2.49. The first-order chi connectivity index (χ1) is 9.08. The zero-order valence-corrected chi connectivity index (χ0v) is 10.6. The summed E-state index contributed by atoms with van der Waals surface area (Å²) in [7, 11) is 0. The molecule has 0 aromatic heterocycles. The monoisotopic (exact) mass is 257 g/mol. The van der Waals surface area contributed by atoms with Crippen molar-refractivity contribution in [1.82, 2.24) is 0 Å². The molecule has 19 heavy (non-hydrogen) atoms. The van der Waals surface area contributed by atoms with Gasteiger partial charge in [-0.1, -0.05) is 18.2 Å². The molecule has 0 spiro atoms. The zero-order chi connectivity index (χ0) is 13.8. The van der Waals surface area contributed by atoms with Crippen LogP contribution >= 0.6 is 0 Å². The second-order valence-corrected chi connectivity index (χ2v) is 4.25. The van der Waals surface area contributed by atoms with Gasteiger partial charge in [0.2, 0.25) is 5.91 Å². The van der Waals surface area contributed by atoms with Crippen molar-refractivity contribution >= 4 is 5.91 Å². The summed E-state index contributed by atoms with van der Waals surface area (Å²) < 4.78 is 5.63. The number of nitrogens with two attached hydrogens (primary N) is 1. The minimum atomic E-state index is -0.463. The molecule has 0 aliphatic rings. The molecule has 0 saturated heterocycles. The molecule has 0 aliphatic heterocycles. The van der Waals surface area contributed by atoms with E-state index in [4.69, 9.17) is 10.5 Å². The summed E-state index contributed by atoms with van der Waals surface area (Å²) in [6.45, 7) is 2.09. The molecule has 0 bridgehead atoms. The first-order valence-electron chi connectivity index (χ1n) is 5.88. The van der Waals surface area contributed by atoms with Crippen LogP contribution in [0.1, 0.15) is 21.5 Å². The molecule has 2 rings (SSSR count). The average molecular weight is 257 g/mol. The van der Waals surface area contributed by atoms with E-state index in [1.807, 2.05) is 6.07 Å². The molecule has 0 heterocycles. The van der Waals surface area contributed by atoms with Gasteiger partial charge in [-0.05, 0) is 36.8 Å². The molecule has 2 aromatic carbocycles. The molecule has 0 radical (unpaired) electrons. The fraction of sp³-hybridized carbons (Fsp3) is 0.133. The smallest absolute Gasteiger partial charge is 0.248 e. The van der Waals surface area contributed by atoms with E-state index in [9.17, 15) is 9.90 Å². The first-order valence-corrected chi connectivity index (χ1v) is 5.88. The second kappa shape index (κ2) is 5.44. The molecule has 0 atom stereocenters. The number of carbonyl (C=O) groups excluding carboxylic acids is 1. The van der Waals surface area contributed by atoms with Crippen molar-refractivity contribution in [2.45, 2.75) is 13.5 Å². The third kappa shape index (κ3) is 3.04. The Morgan fingerprint density at radius 1 is 1.26 bits per heavy atom. The standard InChI is InChI=1S/C15H15NO3/c1-10-13(17)6-3-7-14(10)19-9-11-4-2-5-12(8-11)15(16)18/h2-8,17H,9H2,1H3,(H2,16,18). The summed E-state index contributed by atoms with van der Waals surface area (Å²) in [5, 5.41) is 9.57. The summed E-state index contributed by atoms with van der Waals surface area (Å²) in [5.74, 6) is 0.350. The molecular formula is C15H15NO3. The number of ether oxygens (including phenoxy) is 1. The van der Waals surface area contributed by atoms with E-state index in [2.05, 4.69) is 0 Å². The van der Waals surface area contributed by atoms with Crippen molar-refractivity contribution in [3.05, 3.63) is 59.2 Å². The lowest BCUT2D eigenvalue weighted by Crippen LogP contribution is -2.11. The number of hydrogen-bond acceptors (Lipinski definition) is 3. The van der Waals surface area contributed by atoms with Crippen LogP contribution in [-0.2, 0) is 6.61 Å². The van der Waals surface area contributed by atoms with Crippen LogP contribution in [-0.4, -0.2) is 11.0 Å². The molecular weight excluding hydrogens is 242 g/mol. The number of rotatable bonds is 4. The SMILES string of the molecule is Cc1c(O)cccc1OCc1cccc(C(N)=O)c1. The van der Waals surface area contributed by atoms with Gasteiger partial charge in [0.05, 0.1) is 0 Å². The van der Waals surface area contributed by atoms with Gasteiger partial charge >= 0.3 is 0 Å². The Bertz CT molecular complexity index is 608. The fourth-order valence-electron chi connectivity index (χ4n) is 1.73. The summed E-state index contributed by atoms with van der Waals surface area (Å²) >= 11 is 0. The number of benzene rings is 2. The average Bonchev–Trinajstić information content (AvgIpc) is 2.41. The first kappa shape index (κ1) is 13.0. The highest BCUT2D eigenvalue weighted by Crippen LogP contribution is 2.26. The van der Waals surface area contributed by atoms with Crippen LogP contribution in [0.3, 0.4) is 0 Å². The minimum absolute atomic E-state index is 0.198. The highest BCUT2D eigenvalue weighted by molar-refractivity contribution is 5.92. The Morgan fingerprint density at radius 2 is 2.00 bits per heavy atom. The lowest BCUT2D eigenvalue weighted by molar-refractivity contribution is 0.1000. The maximum absolute atomic E-state index is 11.1. The maximum Gasteiger partial charge on any atom is 0.248 e. The lowest BCUT2D eigenvalue weighted by atomic mass is 10.1. The molecule has 0 saturated carbocycles. The summed E-state index contributed by atoms with van der Waals surface area (Å²) in [4.78, 5) is 11.1. The zero-order valence-electron chi connectivity index (χ0n) is 10.6. The van der Waals surface area contributed by atoms with Crippen LogP contribution < -0.4 is 10.5 Å². The largest absolute Gasteiger partial charge is 0.508 e. The highest BCUT2D eigenvalue weighted by Gasteiger charge is 2.05. The van der Waals surface area contributed by atoms with Gasteiger partial charge in [-0.3, -0.25) is 4.79 Å². The van der Waals surface area contributed by atoms with Crippen LogP contribution in [0.25, 0.3) is 0 Å². The Labute approximate surface area is 111 Å². The van der Waals surface area contributed by atoms with Gasteiger partial charge in [-0.25, -0.2) is 0 Å². The number of amides is 1. The number of hydrogen-bond donors (Lipinski definition) is 2. The van der Waals surface area contributed by atoms with E-state index in [1.165, 1.54) is 0 Å². The quantitative estimate of drug-likeness (QED) is 0.883. The van der Waals surface area contributed by atoms with Crippen LogP contribution in [0.5, 0.6) is 11.5 Å². The topological polar surface area (TPSA) is 72.6 Å². The van der Waals surface area contributed by atoms with Gasteiger partial charge in [0.15, 0.2) is 0 Å². The van der Waals surface area contributed by atoms with Crippen LogP contribution in [0.2, 0.25) is 0 Å². The van der Waals surface area contributed by atoms with Crippen LogP contribution in [0, 0.1) is 6.92 Å². The van der Waals surface area contributed by atoms with Crippen molar-refractivity contribution in [2.75, 3.05) is 0 Å². The van der Waals surface area contributed by atoms with Crippen molar-refractivity contribution in [2.24, 2.45) is 5.73 Å². The highest BCUT2D eigenvalue weighted by atomic mass is 16.5. The van der Waals surface area contributed by atoms with Gasteiger partial charge in [0.1, 0.15) is 18.1 Å². The summed E-state index contributed by atoms with van der Waals surface area (Å²) in [6.07, 6.45) is 0. The predicted molar refractivity (Wildman–Crippen MR) is 72.1 cm³/mol. The van der Waals surface area contributed by atoms with E-state index in [1.54, 1.807) is 43.3 Å². The van der Waals surface area contributed by atoms with E-state index in [0.29, 0.717) is 23.5 Å². The van der Waals surface area contributed by atoms with Gasteiger partial charge in [-0.15, -0.1) is 0 Å². The maximum atomic E-state index is 11.1. The Kier molecular flexibility index (Phi) is 3.71. The van der Waals surface area contributed by atoms with E-state index < -0.39 is 5.91 Å². The molecule has 2 aromatic rings. The van der Waals surface area contributed by atoms with Crippen molar-refractivity contribution < 1.29 is 14.6 Å². The van der Waals surface area contributed by atoms with Crippen LogP contribution in [0.4, 0.5) is 0 Å². The molecule has 98 valence electrons. The van der Waals surface area contributed by atoms with E-state index >= 15 is 0 Å².